The normalized spacial score (nSPS) is 20.8. The van der Waals surface area contributed by atoms with E-state index < -0.39 is 10.0 Å². The summed E-state index contributed by atoms with van der Waals surface area (Å²) >= 11 is 0. The quantitative estimate of drug-likeness (QED) is 0.673. The van der Waals surface area contributed by atoms with E-state index in [2.05, 4.69) is 14.9 Å². The molecule has 1 heterocycles. The molecular formula is C23H29N3O4S. The van der Waals surface area contributed by atoms with Crippen molar-refractivity contribution in [1.82, 2.24) is 0 Å². The van der Waals surface area contributed by atoms with E-state index in [9.17, 15) is 13.2 Å². The number of piperidine rings is 1. The molecule has 0 unspecified atom stereocenters. The van der Waals surface area contributed by atoms with Crippen molar-refractivity contribution < 1.29 is 17.9 Å². The van der Waals surface area contributed by atoms with E-state index in [1.807, 2.05) is 6.92 Å². The van der Waals surface area contributed by atoms with Crippen LogP contribution in [0.15, 0.2) is 47.4 Å². The predicted octanol–water partition coefficient (Wildman–Crippen LogP) is 4.08. The van der Waals surface area contributed by atoms with Gasteiger partial charge in [-0.3, -0.25) is 9.52 Å². The fourth-order valence-corrected chi connectivity index (χ4v) is 5.38. The molecule has 7 nitrogen and oxygen atoms in total. The maximum absolute atomic E-state index is 13.5. The average Bonchev–Trinajstić information content (AvgIpc) is 3.51. The smallest absolute Gasteiger partial charge is 0.264 e. The standard InChI is InChI=1S/C23H29N3O4S/c1-16-14-18(16)23(27)24-17-10-11-20(26-12-6-3-7-13-26)22(15-17)31(28,29)25-19-8-4-5-9-21(19)30-2/h4-5,8-11,15-16,18,25H,3,6-7,12-14H2,1-2H3,(H,24,27)/t16-,18-/m0/s1. The Hall–Kier alpha value is -2.74. The molecule has 1 aliphatic carbocycles. The zero-order valence-corrected chi connectivity index (χ0v) is 18.7. The number of rotatable bonds is 7. The van der Waals surface area contributed by atoms with Crippen molar-refractivity contribution in [2.45, 2.75) is 37.5 Å². The lowest BCUT2D eigenvalue weighted by Gasteiger charge is -2.30. The number of para-hydroxylation sites is 2. The topological polar surface area (TPSA) is 87.7 Å². The van der Waals surface area contributed by atoms with Crippen molar-refractivity contribution in [3.05, 3.63) is 42.5 Å². The van der Waals surface area contributed by atoms with Gasteiger partial charge in [-0.1, -0.05) is 19.1 Å². The van der Waals surface area contributed by atoms with Gasteiger partial charge in [0.25, 0.3) is 10.0 Å². The third kappa shape index (κ3) is 4.79. The fourth-order valence-electron chi connectivity index (χ4n) is 4.05. The highest BCUT2D eigenvalue weighted by Crippen LogP contribution is 2.39. The van der Waals surface area contributed by atoms with Crippen LogP contribution in [-0.2, 0) is 14.8 Å². The number of amides is 1. The lowest BCUT2D eigenvalue weighted by atomic mass is 10.1. The van der Waals surface area contributed by atoms with E-state index in [1.165, 1.54) is 7.11 Å². The van der Waals surface area contributed by atoms with E-state index in [4.69, 9.17) is 4.74 Å². The van der Waals surface area contributed by atoms with Crippen molar-refractivity contribution in [2.24, 2.45) is 11.8 Å². The Morgan fingerprint density at radius 1 is 1.10 bits per heavy atom. The van der Waals surface area contributed by atoms with Gasteiger partial charge >= 0.3 is 0 Å². The molecule has 31 heavy (non-hydrogen) atoms. The Morgan fingerprint density at radius 2 is 1.81 bits per heavy atom. The Labute approximate surface area is 183 Å². The highest BCUT2D eigenvalue weighted by atomic mass is 32.2. The van der Waals surface area contributed by atoms with Crippen LogP contribution in [0.25, 0.3) is 0 Å². The number of ether oxygens (including phenoxy) is 1. The fraction of sp³-hybridized carbons (Fsp3) is 0.435. The molecule has 166 valence electrons. The van der Waals surface area contributed by atoms with Gasteiger partial charge in [-0.2, -0.15) is 0 Å². The van der Waals surface area contributed by atoms with Crippen LogP contribution in [0.4, 0.5) is 17.1 Å². The van der Waals surface area contributed by atoms with Gasteiger partial charge in [0, 0.05) is 24.7 Å². The lowest BCUT2D eigenvalue weighted by molar-refractivity contribution is -0.117. The van der Waals surface area contributed by atoms with Crippen LogP contribution in [0, 0.1) is 11.8 Å². The molecule has 1 saturated heterocycles. The average molecular weight is 444 g/mol. The van der Waals surface area contributed by atoms with Crippen LogP contribution in [0.2, 0.25) is 0 Å². The molecule has 2 aliphatic rings. The first-order chi connectivity index (χ1) is 14.9. The van der Waals surface area contributed by atoms with Gasteiger partial charge in [-0.05, 0) is 61.9 Å². The first-order valence-corrected chi connectivity index (χ1v) is 12.2. The summed E-state index contributed by atoms with van der Waals surface area (Å²) in [5, 5.41) is 2.89. The minimum atomic E-state index is -3.92. The number of carbonyl (C=O) groups is 1. The van der Waals surface area contributed by atoms with E-state index in [0.29, 0.717) is 28.7 Å². The number of methoxy groups -OCH3 is 1. The van der Waals surface area contributed by atoms with Crippen LogP contribution in [0.3, 0.4) is 0 Å². The number of carbonyl (C=O) groups excluding carboxylic acids is 1. The van der Waals surface area contributed by atoms with Crippen molar-refractivity contribution in [2.75, 3.05) is 35.1 Å². The molecule has 1 amide bonds. The number of benzene rings is 2. The maximum Gasteiger partial charge on any atom is 0.264 e. The van der Waals surface area contributed by atoms with Gasteiger partial charge in [0.15, 0.2) is 0 Å². The first kappa shape index (κ1) is 21.5. The molecule has 8 heteroatoms. The summed E-state index contributed by atoms with van der Waals surface area (Å²) in [6.45, 7) is 3.65. The minimum absolute atomic E-state index is 0.00790. The molecule has 2 N–H and O–H groups in total. The van der Waals surface area contributed by atoms with Crippen molar-refractivity contribution in [3.8, 4) is 5.75 Å². The van der Waals surface area contributed by atoms with Crippen molar-refractivity contribution in [1.29, 1.82) is 0 Å². The number of hydrogen-bond acceptors (Lipinski definition) is 5. The highest BCUT2D eigenvalue weighted by Gasteiger charge is 2.39. The third-order valence-electron chi connectivity index (χ3n) is 6.01. The largest absolute Gasteiger partial charge is 0.495 e. The van der Waals surface area contributed by atoms with Crippen LogP contribution < -0.4 is 19.7 Å². The van der Waals surface area contributed by atoms with Gasteiger partial charge in [-0.15, -0.1) is 0 Å². The third-order valence-corrected chi connectivity index (χ3v) is 7.41. The predicted molar refractivity (Wildman–Crippen MR) is 122 cm³/mol. The van der Waals surface area contributed by atoms with Gasteiger partial charge in [0.05, 0.1) is 18.5 Å². The number of nitrogens with zero attached hydrogens (tertiary/aromatic N) is 1. The van der Waals surface area contributed by atoms with Crippen molar-refractivity contribution >= 4 is 33.0 Å². The van der Waals surface area contributed by atoms with Crippen LogP contribution in [0.1, 0.15) is 32.6 Å². The molecular weight excluding hydrogens is 414 g/mol. The summed E-state index contributed by atoms with van der Waals surface area (Å²) in [6.07, 6.45) is 4.07. The van der Waals surface area contributed by atoms with E-state index >= 15 is 0 Å². The molecule has 2 aromatic carbocycles. The summed E-state index contributed by atoms with van der Waals surface area (Å²) in [4.78, 5) is 14.7. The summed E-state index contributed by atoms with van der Waals surface area (Å²) < 4.78 is 34.9. The van der Waals surface area contributed by atoms with Crippen molar-refractivity contribution in [3.63, 3.8) is 0 Å². The zero-order chi connectivity index (χ0) is 22.0. The molecule has 2 fully saturated rings. The highest BCUT2D eigenvalue weighted by molar-refractivity contribution is 7.93. The zero-order valence-electron chi connectivity index (χ0n) is 17.9. The number of hydrogen-bond donors (Lipinski definition) is 2. The molecule has 2 aromatic rings. The molecule has 4 rings (SSSR count). The lowest BCUT2D eigenvalue weighted by Crippen LogP contribution is -2.31. The molecule has 0 bridgehead atoms. The number of nitrogens with one attached hydrogen (secondary N) is 2. The summed E-state index contributed by atoms with van der Waals surface area (Å²) in [6, 6.07) is 12.1. The van der Waals surface area contributed by atoms with Gasteiger partial charge in [0.2, 0.25) is 5.91 Å². The number of sulfonamides is 1. The van der Waals surface area contributed by atoms with E-state index in [0.717, 1.165) is 38.8 Å². The molecule has 0 spiro atoms. The maximum atomic E-state index is 13.5. The summed E-state index contributed by atoms with van der Waals surface area (Å²) in [5.74, 6) is 0.772. The Morgan fingerprint density at radius 3 is 2.48 bits per heavy atom. The van der Waals surface area contributed by atoms with E-state index in [-0.39, 0.29) is 16.7 Å². The molecule has 0 radical (unpaired) electrons. The second-order valence-corrected chi connectivity index (χ2v) is 10.00. The summed E-state index contributed by atoms with van der Waals surface area (Å²) in [7, 11) is -2.42. The molecule has 0 aromatic heterocycles. The Bertz CT molecular complexity index is 1060. The Kier molecular flexibility index (Phi) is 6.09. The molecule has 1 saturated carbocycles. The van der Waals surface area contributed by atoms with Gasteiger partial charge in [0.1, 0.15) is 10.6 Å². The molecule has 1 aliphatic heterocycles. The van der Waals surface area contributed by atoms with Gasteiger partial charge < -0.3 is 15.0 Å². The van der Waals surface area contributed by atoms with Crippen LogP contribution >= 0.6 is 0 Å². The second kappa shape index (κ2) is 8.78. The monoisotopic (exact) mass is 443 g/mol. The van der Waals surface area contributed by atoms with E-state index in [1.54, 1.807) is 42.5 Å². The second-order valence-electron chi connectivity index (χ2n) is 8.34. The van der Waals surface area contributed by atoms with Crippen LogP contribution in [0.5, 0.6) is 5.75 Å². The molecule has 2 atom stereocenters. The minimum Gasteiger partial charge on any atom is -0.495 e. The Balaban J connectivity index is 1.69. The van der Waals surface area contributed by atoms with Gasteiger partial charge in [-0.25, -0.2) is 8.42 Å². The SMILES string of the molecule is COc1ccccc1NS(=O)(=O)c1cc(NC(=O)[C@H]2C[C@@H]2C)ccc1N1CCCCC1. The summed E-state index contributed by atoms with van der Waals surface area (Å²) in [5.41, 5.74) is 1.51. The van der Waals surface area contributed by atoms with Crippen LogP contribution in [-0.4, -0.2) is 34.5 Å². The first-order valence-electron chi connectivity index (χ1n) is 10.7. The number of anilines is 3.